The topological polar surface area (TPSA) is 50.9 Å². The van der Waals surface area contributed by atoms with Crippen LogP contribution in [-0.4, -0.2) is 9.97 Å². The van der Waals surface area contributed by atoms with E-state index in [1.807, 2.05) is 12.1 Å². The van der Waals surface area contributed by atoms with E-state index in [-0.39, 0.29) is 0 Å². The van der Waals surface area contributed by atoms with Crippen molar-refractivity contribution < 1.29 is 0 Å². The molecule has 1 heterocycles. The van der Waals surface area contributed by atoms with Crippen molar-refractivity contribution in [3.8, 4) is 0 Å². The normalized spacial score (nSPS) is 10.5. The van der Waals surface area contributed by atoms with Gasteiger partial charge in [-0.05, 0) is 22.4 Å². The predicted molar refractivity (Wildman–Crippen MR) is 91.4 cm³/mol. The number of nitrogens with one attached hydrogen (secondary N) is 1. The second kappa shape index (κ2) is 5.89. The lowest BCUT2D eigenvalue weighted by atomic mass is 10.0. The Hall–Kier alpha value is -2.46. The summed E-state index contributed by atoms with van der Waals surface area (Å²) in [6.45, 7) is 0.697. The zero-order valence-electron chi connectivity index (χ0n) is 11.4. The highest BCUT2D eigenvalue weighted by atomic mass is 32.1. The summed E-state index contributed by atoms with van der Waals surface area (Å²) in [6, 6.07) is 16.5. The minimum Gasteiger partial charge on any atom is -0.389 e. The Morgan fingerprint density at radius 1 is 1.10 bits per heavy atom. The number of nitrogens with two attached hydrogens (primary N) is 1. The molecule has 0 aliphatic heterocycles. The Balaban J connectivity index is 1.89. The Morgan fingerprint density at radius 3 is 2.76 bits per heavy atom. The molecule has 3 nitrogen and oxygen atoms in total. The molecule has 0 fully saturated rings. The molecule has 0 aliphatic carbocycles. The van der Waals surface area contributed by atoms with E-state index in [0.29, 0.717) is 11.5 Å². The molecule has 0 spiro atoms. The van der Waals surface area contributed by atoms with Crippen LogP contribution >= 0.6 is 12.2 Å². The van der Waals surface area contributed by atoms with Crippen LogP contribution in [0.2, 0.25) is 0 Å². The highest BCUT2D eigenvalue weighted by Crippen LogP contribution is 2.20. The number of nitrogens with zero attached hydrogens (tertiary/aromatic N) is 1. The largest absolute Gasteiger partial charge is 0.389 e. The number of hydrogen-bond donors (Lipinski definition) is 2. The molecule has 0 atom stereocenters. The van der Waals surface area contributed by atoms with Crippen LogP contribution in [0.3, 0.4) is 0 Å². The molecule has 3 aromatic rings. The Morgan fingerprint density at radius 2 is 1.90 bits per heavy atom. The number of fused-ring (bicyclic) bond motifs is 1. The maximum Gasteiger partial charge on any atom is 0.106 e. The number of pyridine rings is 1. The average Bonchev–Trinajstić information content (AvgIpc) is 2.53. The van der Waals surface area contributed by atoms with Crippen molar-refractivity contribution in [2.24, 2.45) is 5.73 Å². The van der Waals surface area contributed by atoms with E-state index in [1.54, 1.807) is 12.4 Å². The quantitative estimate of drug-likeness (QED) is 0.723. The Labute approximate surface area is 128 Å². The van der Waals surface area contributed by atoms with Gasteiger partial charge in [-0.1, -0.05) is 54.7 Å². The van der Waals surface area contributed by atoms with Gasteiger partial charge in [0.15, 0.2) is 0 Å². The molecule has 3 N–H and O–H groups in total. The van der Waals surface area contributed by atoms with E-state index >= 15 is 0 Å². The monoisotopic (exact) mass is 293 g/mol. The van der Waals surface area contributed by atoms with Crippen LogP contribution < -0.4 is 11.1 Å². The molecule has 0 aliphatic rings. The van der Waals surface area contributed by atoms with Crippen molar-refractivity contribution in [2.45, 2.75) is 6.54 Å². The molecule has 0 amide bonds. The maximum absolute atomic E-state index is 5.74. The summed E-state index contributed by atoms with van der Waals surface area (Å²) in [5, 5.41) is 5.85. The molecule has 0 saturated heterocycles. The molecule has 21 heavy (non-hydrogen) atoms. The highest BCUT2D eigenvalue weighted by Gasteiger charge is 2.05. The van der Waals surface area contributed by atoms with Gasteiger partial charge in [0.2, 0.25) is 0 Å². The van der Waals surface area contributed by atoms with E-state index in [1.165, 1.54) is 16.3 Å². The standard InChI is InChI=1S/C17H15N3S/c18-17(21)15-8-9-19-11-16(15)20-10-13-6-3-5-12-4-1-2-7-14(12)13/h1-9,11,20H,10H2,(H2,18,21). The summed E-state index contributed by atoms with van der Waals surface area (Å²) in [5.41, 5.74) is 8.64. The van der Waals surface area contributed by atoms with E-state index in [2.05, 4.69) is 46.7 Å². The predicted octanol–water partition coefficient (Wildman–Crippen LogP) is 3.48. The first-order valence-corrected chi connectivity index (χ1v) is 7.11. The minimum absolute atomic E-state index is 0.373. The van der Waals surface area contributed by atoms with Crippen LogP contribution in [0.5, 0.6) is 0 Å². The second-order valence-electron chi connectivity index (χ2n) is 4.78. The summed E-state index contributed by atoms with van der Waals surface area (Å²) in [7, 11) is 0. The van der Waals surface area contributed by atoms with Crippen LogP contribution in [0.1, 0.15) is 11.1 Å². The smallest absolute Gasteiger partial charge is 0.106 e. The van der Waals surface area contributed by atoms with Gasteiger partial charge in [0.05, 0.1) is 11.9 Å². The minimum atomic E-state index is 0.373. The van der Waals surface area contributed by atoms with Crippen LogP contribution in [0.25, 0.3) is 10.8 Å². The number of benzene rings is 2. The van der Waals surface area contributed by atoms with Gasteiger partial charge in [-0.2, -0.15) is 0 Å². The second-order valence-corrected chi connectivity index (χ2v) is 5.22. The summed E-state index contributed by atoms with van der Waals surface area (Å²) in [5.74, 6) is 0. The summed E-state index contributed by atoms with van der Waals surface area (Å²) >= 11 is 5.07. The SMILES string of the molecule is NC(=S)c1ccncc1NCc1cccc2ccccc12. The molecule has 3 rings (SSSR count). The van der Waals surface area contributed by atoms with Gasteiger partial charge >= 0.3 is 0 Å². The van der Waals surface area contributed by atoms with E-state index in [9.17, 15) is 0 Å². The van der Waals surface area contributed by atoms with Gasteiger partial charge in [0.1, 0.15) is 4.99 Å². The Bertz CT molecular complexity index is 793. The van der Waals surface area contributed by atoms with Crippen LogP contribution in [0, 0.1) is 0 Å². The van der Waals surface area contributed by atoms with Crippen molar-refractivity contribution in [2.75, 3.05) is 5.32 Å². The molecule has 0 radical (unpaired) electrons. The molecular formula is C17H15N3S. The lowest BCUT2D eigenvalue weighted by Crippen LogP contribution is -2.13. The summed E-state index contributed by atoms with van der Waals surface area (Å²) in [6.07, 6.45) is 3.44. The van der Waals surface area contributed by atoms with Gasteiger partial charge in [-0.3, -0.25) is 4.98 Å². The first kappa shape index (κ1) is 13.5. The summed E-state index contributed by atoms with van der Waals surface area (Å²) in [4.78, 5) is 4.50. The number of thiocarbonyl (C=S) groups is 1. The lowest BCUT2D eigenvalue weighted by molar-refractivity contribution is 1.15. The van der Waals surface area contributed by atoms with Crippen molar-refractivity contribution >= 4 is 33.7 Å². The van der Waals surface area contributed by atoms with Gasteiger partial charge in [-0.15, -0.1) is 0 Å². The molecule has 2 aromatic carbocycles. The van der Waals surface area contributed by atoms with Gasteiger partial charge < -0.3 is 11.1 Å². The third kappa shape index (κ3) is 2.85. The number of rotatable bonds is 4. The van der Waals surface area contributed by atoms with Crippen LogP contribution in [-0.2, 0) is 6.54 Å². The zero-order valence-corrected chi connectivity index (χ0v) is 12.2. The third-order valence-corrected chi connectivity index (χ3v) is 3.66. The van der Waals surface area contributed by atoms with Crippen molar-refractivity contribution in [1.82, 2.24) is 4.98 Å². The zero-order chi connectivity index (χ0) is 14.7. The molecule has 1 aromatic heterocycles. The molecule has 0 unspecified atom stereocenters. The molecule has 104 valence electrons. The van der Waals surface area contributed by atoms with Gasteiger partial charge in [-0.25, -0.2) is 0 Å². The first-order valence-electron chi connectivity index (χ1n) is 6.70. The average molecular weight is 293 g/mol. The van der Waals surface area contributed by atoms with Gasteiger partial charge in [0, 0.05) is 18.3 Å². The fourth-order valence-electron chi connectivity index (χ4n) is 2.39. The first-order chi connectivity index (χ1) is 10.3. The Kier molecular flexibility index (Phi) is 3.79. The number of hydrogen-bond acceptors (Lipinski definition) is 3. The van der Waals surface area contributed by atoms with Crippen molar-refractivity contribution in [1.29, 1.82) is 0 Å². The molecule has 4 heteroatoms. The molecular weight excluding hydrogens is 278 g/mol. The van der Waals surface area contributed by atoms with Crippen molar-refractivity contribution in [3.05, 3.63) is 72.1 Å². The highest BCUT2D eigenvalue weighted by molar-refractivity contribution is 7.80. The van der Waals surface area contributed by atoms with E-state index in [0.717, 1.165) is 11.3 Å². The lowest BCUT2D eigenvalue weighted by Gasteiger charge is -2.12. The van der Waals surface area contributed by atoms with Crippen molar-refractivity contribution in [3.63, 3.8) is 0 Å². The van der Waals surface area contributed by atoms with Crippen LogP contribution in [0.15, 0.2) is 60.9 Å². The van der Waals surface area contributed by atoms with E-state index in [4.69, 9.17) is 18.0 Å². The van der Waals surface area contributed by atoms with E-state index < -0.39 is 0 Å². The fourth-order valence-corrected chi connectivity index (χ4v) is 2.57. The number of aromatic nitrogens is 1. The van der Waals surface area contributed by atoms with Crippen LogP contribution in [0.4, 0.5) is 5.69 Å². The molecule has 0 saturated carbocycles. The number of anilines is 1. The molecule has 0 bridgehead atoms. The third-order valence-electron chi connectivity index (χ3n) is 3.44. The summed E-state index contributed by atoms with van der Waals surface area (Å²) < 4.78 is 0. The fraction of sp³-hybridized carbons (Fsp3) is 0.0588. The van der Waals surface area contributed by atoms with Gasteiger partial charge in [0.25, 0.3) is 0 Å². The maximum atomic E-state index is 5.74.